The van der Waals surface area contributed by atoms with Crippen molar-refractivity contribution in [3.63, 3.8) is 0 Å². The van der Waals surface area contributed by atoms with Crippen LogP contribution in [0.5, 0.6) is 5.75 Å². The van der Waals surface area contributed by atoms with E-state index in [2.05, 4.69) is 44.1 Å². The van der Waals surface area contributed by atoms with Gasteiger partial charge in [-0.25, -0.2) is 0 Å². The molecule has 0 fully saturated rings. The Morgan fingerprint density at radius 1 is 1.28 bits per heavy atom. The number of rotatable bonds is 8. The minimum atomic E-state index is 0.368. The van der Waals surface area contributed by atoms with Crippen LogP contribution in [0, 0.1) is 5.92 Å². The van der Waals surface area contributed by atoms with E-state index in [-0.39, 0.29) is 0 Å². The van der Waals surface area contributed by atoms with Gasteiger partial charge in [-0.2, -0.15) is 0 Å². The van der Waals surface area contributed by atoms with Crippen LogP contribution in [0.4, 0.5) is 0 Å². The van der Waals surface area contributed by atoms with Gasteiger partial charge < -0.3 is 10.1 Å². The average Bonchev–Trinajstić information content (AvgIpc) is 2.36. The van der Waals surface area contributed by atoms with E-state index in [0.29, 0.717) is 12.0 Å². The van der Waals surface area contributed by atoms with Crippen LogP contribution >= 0.6 is 0 Å². The van der Waals surface area contributed by atoms with Gasteiger partial charge in [0.05, 0.1) is 12.8 Å². The minimum absolute atomic E-state index is 0.368. The molecule has 3 nitrogen and oxygen atoms in total. The maximum Gasteiger partial charge on any atom is 0.137 e. The molecule has 3 heteroatoms. The van der Waals surface area contributed by atoms with E-state index in [4.69, 9.17) is 4.74 Å². The lowest BCUT2D eigenvalue weighted by Gasteiger charge is -2.20. The molecule has 0 radical (unpaired) electrons. The summed E-state index contributed by atoms with van der Waals surface area (Å²) in [5, 5.41) is 3.52. The van der Waals surface area contributed by atoms with Crippen LogP contribution in [0.3, 0.4) is 0 Å². The molecule has 1 heterocycles. The molecule has 0 amide bonds. The number of nitrogens with one attached hydrogen (secondary N) is 1. The zero-order valence-corrected chi connectivity index (χ0v) is 12.1. The van der Waals surface area contributed by atoms with Gasteiger partial charge in [-0.15, -0.1) is 0 Å². The molecule has 0 saturated heterocycles. The topological polar surface area (TPSA) is 34.1 Å². The summed E-state index contributed by atoms with van der Waals surface area (Å²) in [6.45, 7) is 10.5. The monoisotopic (exact) mass is 250 g/mol. The van der Waals surface area contributed by atoms with Gasteiger partial charge >= 0.3 is 0 Å². The summed E-state index contributed by atoms with van der Waals surface area (Å²) in [6, 6.07) is 2.48. The third-order valence-electron chi connectivity index (χ3n) is 2.77. The van der Waals surface area contributed by atoms with E-state index in [9.17, 15) is 0 Å². The summed E-state index contributed by atoms with van der Waals surface area (Å²) in [5.41, 5.74) is 1.22. The molecule has 0 aliphatic carbocycles. The van der Waals surface area contributed by atoms with Crippen LogP contribution < -0.4 is 10.1 Å². The third kappa shape index (κ3) is 5.05. The molecule has 1 aromatic heterocycles. The zero-order chi connectivity index (χ0) is 13.4. The predicted molar refractivity (Wildman–Crippen MR) is 75.9 cm³/mol. The predicted octanol–water partition coefficient (Wildman–Crippen LogP) is 3.57. The fraction of sp³-hybridized carbons (Fsp3) is 0.667. The Bertz CT molecular complexity index is 339. The number of hydrogen-bond donors (Lipinski definition) is 1. The van der Waals surface area contributed by atoms with E-state index < -0.39 is 0 Å². The first-order chi connectivity index (χ1) is 8.67. The normalized spacial score (nSPS) is 12.7. The Morgan fingerprint density at radius 3 is 2.67 bits per heavy atom. The molecule has 1 aromatic rings. The summed E-state index contributed by atoms with van der Waals surface area (Å²) in [5.74, 6) is 1.54. The smallest absolute Gasteiger partial charge is 0.137 e. The number of ether oxygens (including phenoxy) is 1. The Labute approximate surface area is 111 Å². The zero-order valence-electron chi connectivity index (χ0n) is 12.1. The summed E-state index contributed by atoms with van der Waals surface area (Å²) in [6.07, 6.45) is 5.87. The van der Waals surface area contributed by atoms with Crippen molar-refractivity contribution in [2.24, 2.45) is 5.92 Å². The van der Waals surface area contributed by atoms with Crippen LogP contribution in [0.2, 0.25) is 0 Å². The summed E-state index contributed by atoms with van der Waals surface area (Å²) in [4.78, 5) is 4.28. The third-order valence-corrected chi connectivity index (χ3v) is 2.77. The summed E-state index contributed by atoms with van der Waals surface area (Å²) in [7, 11) is 0. The van der Waals surface area contributed by atoms with Gasteiger partial charge in [0.1, 0.15) is 5.75 Å². The van der Waals surface area contributed by atoms with E-state index in [0.717, 1.165) is 31.7 Å². The number of hydrogen-bond acceptors (Lipinski definition) is 3. The van der Waals surface area contributed by atoms with Gasteiger partial charge in [-0.1, -0.05) is 27.7 Å². The van der Waals surface area contributed by atoms with E-state index >= 15 is 0 Å². The van der Waals surface area contributed by atoms with Crippen molar-refractivity contribution in [1.82, 2.24) is 10.3 Å². The second-order valence-corrected chi connectivity index (χ2v) is 5.04. The van der Waals surface area contributed by atoms with Gasteiger partial charge in [0.25, 0.3) is 0 Å². The molecule has 1 atom stereocenters. The highest BCUT2D eigenvalue weighted by atomic mass is 16.5. The van der Waals surface area contributed by atoms with Gasteiger partial charge in [0, 0.05) is 12.2 Å². The first-order valence-electron chi connectivity index (χ1n) is 6.98. The van der Waals surface area contributed by atoms with E-state index in [1.54, 1.807) is 6.20 Å². The highest BCUT2D eigenvalue weighted by Crippen LogP contribution is 2.23. The van der Waals surface area contributed by atoms with Crippen molar-refractivity contribution in [3.8, 4) is 5.75 Å². The number of nitrogens with zero attached hydrogens (tertiary/aromatic N) is 1. The van der Waals surface area contributed by atoms with Gasteiger partial charge in [0.15, 0.2) is 0 Å². The maximum absolute atomic E-state index is 5.64. The van der Waals surface area contributed by atoms with Crippen molar-refractivity contribution in [1.29, 1.82) is 0 Å². The van der Waals surface area contributed by atoms with E-state index in [1.807, 2.05) is 6.20 Å². The molecule has 0 spiro atoms. The molecule has 102 valence electrons. The fourth-order valence-corrected chi connectivity index (χ4v) is 1.98. The molecule has 0 aromatic carbocycles. The van der Waals surface area contributed by atoms with Crippen LogP contribution in [-0.2, 0) is 0 Å². The van der Waals surface area contributed by atoms with Gasteiger partial charge in [-0.3, -0.25) is 4.98 Å². The second-order valence-electron chi connectivity index (χ2n) is 5.04. The van der Waals surface area contributed by atoms with Crippen molar-refractivity contribution in [2.45, 2.75) is 46.6 Å². The molecular formula is C15H26N2O. The van der Waals surface area contributed by atoms with Crippen molar-refractivity contribution >= 4 is 0 Å². The molecule has 0 aliphatic rings. The van der Waals surface area contributed by atoms with Crippen LogP contribution in [0.1, 0.15) is 52.1 Å². The minimum Gasteiger partial charge on any atom is -0.492 e. The molecule has 18 heavy (non-hydrogen) atoms. The lowest BCUT2D eigenvalue weighted by Crippen LogP contribution is -2.22. The molecule has 1 N–H and O–H groups in total. The van der Waals surface area contributed by atoms with Crippen LogP contribution in [0.25, 0.3) is 0 Å². The van der Waals surface area contributed by atoms with Crippen molar-refractivity contribution in [2.75, 3.05) is 13.2 Å². The number of pyridine rings is 1. The summed E-state index contributed by atoms with van der Waals surface area (Å²) >= 11 is 0. The van der Waals surface area contributed by atoms with Crippen LogP contribution in [-0.4, -0.2) is 18.1 Å². The Hall–Kier alpha value is -1.09. The highest BCUT2D eigenvalue weighted by Gasteiger charge is 2.13. The highest BCUT2D eigenvalue weighted by molar-refractivity contribution is 5.26. The SMILES string of the molecule is CCCOc1cncc(C(CC(C)C)NCC)c1. The fourth-order valence-electron chi connectivity index (χ4n) is 1.98. The lowest BCUT2D eigenvalue weighted by molar-refractivity contribution is 0.315. The first kappa shape index (κ1) is 15.0. The van der Waals surface area contributed by atoms with E-state index in [1.165, 1.54) is 5.56 Å². The summed E-state index contributed by atoms with van der Waals surface area (Å²) < 4.78 is 5.64. The Morgan fingerprint density at radius 2 is 2.06 bits per heavy atom. The van der Waals surface area contributed by atoms with Crippen LogP contribution in [0.15, 0.2) is 18.5 Å². The largest absolute Gasteiger partial charge is 0.492 e. The average molecular weight is 250 g/mol. The molecule has 0 saturated carbocycles. The van der Waals surface area contributed by atoms with Crippen molar-refractivity contribution in [3.05, 3.63) is 24.0 Å². The number of aromatic nitrogens is 1. The van der Waals surface area contributed by atoms with Gasteiger partial charge in [0.2, 0.25) is 0 Å². The molecule has 0 bridgehead atoms. The maximum atomic E-state index is 5.64. The quantitative estimate of drug-likeness (QED) is 0.766. The molecule has 1 unspecified atom stereocenters. The Kier molecular flexibility index (Phi) is 6.73. The Balaban J connectivity index is 2.76. The second kappa shape index (κ2) is 8.09. The standard InChI is InChI=1S/C15H26N2O/c1-5-7-18-14-9-13(10-16-11-14)15(17-6-2)8-12(3)4/h9-12,15,17H,5-8H2,1-4H3. The lowest BCUT2D eigenvalue weighted by atomic mass is 9.98. The molecule has 0 aliphatic heterocycles. The molecular weight excluding hydrogens is 224 g/mol. The van der Waals surface area contributed by atoms with Crippen molar-refractivity contribution < 1.29 is 4.74 Å². The molecule has 1 rings (SSSR count). The first-order valence-corrected chi connectivity index (χ1v) is 6.98. The van der Waals surface area contributed by atoms with Gasteiger partial charge in [-0.05, 0) is 36.9 Å².